The minimum Gasteiger partial charge on any atom is -0.302 e. The zero-order valence-corrected chi connectivity index (χ0v) is 16.5. The summed E-state index contributed by atoms with van der Waals surface area (Å²) in [6.45, 7) is 7.12. The van der Waals surface area contributed by atoms with Gasteiger partial charge in [0.2, 0.25) is 11.0 Å². The van der Waals surface area contributed by atoms with Crippen molar-refractivity contribution in [2.24, 2.45) is 0 Å². The lowest BCUT2D eigenvalue weighted by atomic mass is 10.0. The molecule has 26 heavy (non-hydrogen) atoms. The molecule has 1 N–H and O–H groups in total. The van der Waals surface area contributed by atoms with E-state index in [0.717, 1.165) is 23.1 Å². The molecule has 2 heterocycles. The zero-order chi connectivity index (χ0) is 18.5. The summed E-state index contributed by atoms with van der Waals surface area (Å²) in [5, 5.41) is 20.0. The Hall–Kier alpha value is -2.26. The molecule has 0 radical (unpaired) electrons. The van der Waals surface area contributed by atoms with E-state index in [1.54, 1.807) is 5.51 Å². The lowest BCUT2D eigenvalue weighted by molar-refractivity contribution is -0.113. The Labute approximate surface area is 160 Å². The van der Waals surface area contributed by atoms with E-state index < -0.39 is 0 Å². The van der Waals surface area contributed by atoms with Gasteiger partial charge in [0.1, 0.15) is 5.51 Å². The molecule has 0 unspecified atom stereocenters. The maximum atomic E-state index is 12.0. The van der Waals surface area contributed by atoms with Crippen molar-refractivity contribution in [2.75, 3.05) is 11.1 Å². The molecule has 0 aliphatic carbocycles. The second kappa shape index (κ2) is 8.41. The third-order valence-corrected chi connectivity index (χ3v) is 5.38. The van der Waals surface area contributed by atoms with Crippen molar-refractivity contribution in [1.29, 1.82) is 0 Å². The van der Waals surface area contributed by atoms with Crippen molar-refractivity contribution in [1.82, 2.24) is 25.0 Å². The van der Waals surface area contributed by atoms with Crippen LogP contribution in [0.5, 0.6) is 0 Å². The Morgan fingerprint density at radius 2 is 2.00 bits per heavy atom. The molecule has 2 aromatic heterocycles. The Balaban J connectivity index is 1.70. The number of hydrogen-bond acceptors (Lipinski definition) is 7. The van der Waals surface area contributed by atoms with Crippen molar-refractivity contribution in [3.05, 3.63) is 35.3 Å². The second-order valence-corrected chi connectivity index (χ2v) is 7.68. The number of rotatable bonds is 7. The molecule has 136 valence electrons. The van der Waals surface area contributed by atoms with Crippen molar-refractivity contribution in [3.8, 4) is 11.4 Å². The largest absolute Gasteiger partial charge is 0.302 e. The Kier molecular flexibility index (Phi) is 6.00. The highest BCUT2D eigenvalue weighted by molar-refractivity contribution is 7.99. The topological polar surface area (TPSA) is 85.6 Å². The normalized spacial score (nSPS) is 11.1. The fourth-order valence-electron chi connectivity index (χ4n) is 2.42. The molecule has 3 aromatic rings. The molecule has 0 aliphatic rings. The van der Waals surface area contributed by atoms with Crippen LogP contribution >= 0.6 is 23.1 Å². The van der Waals surface area contributed by atoms with Crippen LogP contribution in [0.3, 0.4) is 0 Å². The summed E-state index contributed by atoms with van der Waals surface area (Å²) in [5.74, 6) is 1.41. The van der Waals surface area contributed by atoms with E-state index in [1.165, 1.54) is 28.7 Å². The maximum absolute atomic E-state index is 12.0. The van der Waals surface area contributed by atoms with Gasteiger partial charge in [-0.05, 0) is 18.4 Å². The average Bonchev–Trinajstić information content (AvgIpc) is 3.29. The van der Waals surface area contributed by atoms with E-state index in [9.17, 15) is 4.79 Å². The van der Waals surface area contributed by atoms with Crippen LogP contribution in [0.1, 0.15) is 32.3 Å². The van der Waals surface area contributed by atoms with Crippen LogP contribution in [0.4, 0.5) is 5.13 Å². The predicted octanol–water partition coefficient (Wildman–Crippen LogP) is 3.67. The standard InChI is InChI=1S/C17H20N6OS2/c1-4-23-15(13-7-5-12(6-8-13)11(2)3)20-22-17(23)25-9-14(24)19-16-21-18-10-26-16/h5-8,10-11H,4,9H2,1-3H3,(H,19,21,24). The van der Waals surface area contributed by atoms with Crippen molar-refractivity contribution >= 4 is 34.1 Å². The van der Waals surface area contributed by atoms with Gasteiger partial charge in [0.15, 0.2) is 11.0 Å². The van der Waals surface area contributed by atoms with E-state index >= 15 is 0 Å². The summed E-state index contributed by atoms with van der Waals surface area (Å²) in [4.78, 5) is 12.0. The molecule has 0 atom stereocenters. The monoisotopic (exact) mass is 388 g/mol. The first-order valence-corrected chi connectivity index (χ1v) is 10.2. The highest BCUT2D eigenvalue weighted by Gasteiger charge is 2.15. The number of hydrogen-bond donors (Lipinski definition) is 1. The number of aromatic nitrogens is 5. The third-order valence-electron chi connectivity index (χ3n) is 3.81. The quantitative estimate of drug-likeness (QED) is 0.622. The Morgan fingerprint density at radius 1 is 1.23 bits per heavy atom. The van der Waals surface area contributed by atoms with Crippen LogP contribution in [0.15, 0.2) is 34.9 Å². The summed E-state index contributed by atoms with van der Waals surface area (Å²) >= 11 is 2.65. The summed E-state index contributed by atoms with van der Waals surface area (Å²) in [6.07, 6.45) is 0. The van der Waals surface area contributed by atoms with Crippen LogP contribution < -0.4 is 5.32 Å². The molecule has 9 heteroatoms. The van der Waals surface area contributed by atoms with Gasteiger partial charge in [0, 0.05) is 12.1 Å². The number of carbonyl (C=O) groups is 1. The molecule has 0 saturated heterocycles. The third kappa shape index (κ3) is 4.28. The van der Waals surface area contributed by atoms with E-state index in [2.05, 4.69) is 63.8 Å². The van der Waals surface area contributed by atoms with E-state index in [-0.39, 0.29) is 11.7 Å². The van der Waals surface area contributed by atoms with Gasteiger partial charge in [-0.1, -0.05) is 61.2 Å². The van der Waals surface area contributed by atoms with E-state index in [0.29, 0.717) is 11.0 Å². The summed E-state index contributed by atoms with van der Waals surface area (Å²) < 4.78 is 2.02. The number of thioether (sulfide) groups is 1. The Morgan fingerprint density at radius 3 is 2.62 bits per heavy atom. The van der Waals surface area contributed by atoms with Gasteiger partial charge in [-0.25, -0.2) is 0 Å². The van der Waals surface area contributed by atoms with E-state index in [1.807, 2.05) is 11.5 Å². The molecule has 1 aromatic carbocycles. The Bertz CT molecular complexity index is 858. The lowest BCUT2D eigenvalue weighted by Crippen LogP contribution is -2.14. The van der Waals surface area contributed by atoms with Gasteiger partial charge < -0.3 is 4.57 Å². The van der Waals surface area contributed by atoms with Gasteiger partial charge in [-0.3, -0.25) is 10.1 Å². The summed E-state index contributed by atoms with van der Waals surface area (Å²) in [5.41, 5.74) is 3.89. The minimum absolute atomic E-state index is 0.139. The predicted molar refractivity (Wildman–Crippen MR) is 104 cm³/mol. The number of anilines is 1. The van der Waals surface area contributed by atoms with Crippen LogP contribution in [-0.4, -0.2) is 36.6 Å². The minimum atomic E-state index is -0.139. The molecule has 0 spiro atoms. The number of amides is 1. The van der Waals surface area contributed by atoms with Crippen LogP contribution in [0.2, 0.25) is 0 Å². The SMILES string of the molecule is CCn1c(SCC(=O)Nc2nncs2)nnc1-c1ccc(C(C)C)cc1. The van der Waals surface area contributed by atoms with Crippen LogP contribution in [0, 0.1) is 0 Å². The number of benzene rings is 1. The van der Waals surface area contributed by atoms with Gasteiger partial charge in [-0.2, -0.15) is 0 Å². The lowest BCUT2D eigenvalue weighted by Gasteiger charge is -2.09. The highest BCUT2D eigenvalue weighted by atomic mass is 32.2. The molecule has 3 rings (SSSR count). The fraction of sp³-hybridized carbons (Fsp3) is 0.353. The molecule has 0 fully saturated rings. The molecule has 0 aliphatic heterocycles. The number of carbonyl (C=O) groups excluding carboxylic acids is 1. The molecule has 1 amide bonds. The van der Waals surface area contributed by atoms with Crippen molar-refractivity contribution < 1.29 is 4.79 Å². The zero-order valence-electron chi connectivity index (χ0n) is 14.8. The highest BCUT2D eigenvalue weighted by Crippen LogP contribution is 2.25. The molecular formula is C17H20N6OS2. The second-order valence-electron chi connectivity index (χ2n) is 5.91. The molecule has 0 saturated carbocycles. The first kappa shape index (κ1) is 18.5. The average molecular weight is 389 g/mol. The number of nitrogens with zero attached hydrogens (tertiary/aromatic N) is 5. The summed E-state index contributed by atoms with van der Waals surface area (Å²) in [6, 6.07) is 8.39. The van der Waals surface area contributed by atoms with Gasteiger partial charge in [-0.15, -0.1) is 20.4 Å². The van der Waals surface area contributed by atoms with Crippen LogP contribution in [0.25, 0.3) is 11.4 Å². The van der Waals surface area contributed by atoms with Gasteiger partial charge in [0.05, 0.1) is 5.75 Å². The number of nitrogens with one attached hydrogen (secondary N) is 1. The van der Waals surface area contributed by atoms with Crippen LogP contribution in [-0.2, 0) is 11.3 Å². The molecular weight excluding hydrogens is 368 g/mol. The first-order chi connectivity index (χ1) is 12.6. The van der Waals surface area contributed by atoms with E-state index in [4.69, 9.17) is 0 Å². The summed E-state index contributed by atoms with van der Waals surface area (Å²) in [7, 11) is 0. The van der Waals surface area contributed by atoms with Crippen molar-refractivity contribution in [3.63, 3.8) is 0 Å². The van der Waals surface area contributed by atoms with Crippen molar-refractivity contribution in [2.45, 2.75) is 38.4 Å². The molecule has 0 bridgehead atoms. The smallest absolute Gasteiger partial charge is 0.236 e. The molecule has 7 nitrogen and oxygen atoms in total. The maximum Gasteiger partial charge on any atom is 0.236 e. The fourth-order valence-corrected chi connectivity index (χ4v) is 3.69. The van der Waals surface area contributed by atoms with Gasteiger partial charge >= 0.3 is 0 Å². The van der Waals surface area contributed by atoms with Gasteiger partial charge in [0.25, 0.3) is 0 Å². The first-order valence-electron chi connectivity index (χ1n) is 8.30.